The number of thiazole rings is 1. The summed E-state index contributed by atoms with van der Waals surface area (Å²) in [6, 6.07) is 18.8. The number of pyridine rings is 1. The van der Waals surface area contributed by atoms with Crippen LogP contribution in [0.2, 0.25) is 0 Å². The van der Waals surface area contributed by atoms with Gasteiger partial charge in [0, 0.05) is 27.9 Å². The smallest absolute Gasteiger partial charge is 0.263 e. The van der Waals surface area contributed by atoms with Gasteiger partial charge in [-0.3, -0.25) is 9.59 Å². The van der Waals surface area contributed by atoms with Crippen molar-refractivity contribution >= 4 is 34.7 Å². The molecule has 4 aromatic rings. The van der Waals surface area contributed by atoms with Crippen molar-refractivity contribution in [3.05, 3.63) is 105 Å². The zero-order valence-corrected chi connectivity index (χ0v) is 18.8. The molecule has 0 spiro atoms. The van der Waals surface area contributed by atoms with E-state index < -0.39 is 5.91 Å². The Morgan fingerprint density at radius 2 is 1.90 bits per heavy atom. The molecule has 1 N–H and O–H groups in total. The zero-order valence-electron chi connectivity index (χ0n) is 17.2. The van der Waals surface area contributed by atoms with Crippen LogP contribution < -0.4 is 10.9 Å². The van der Waals surface area contributed by atoms with E-state index >= 15 is 0 Å². The van der Waals surface area contributed by atoms with Gasteiger partial charge in [0.05, 0.1) is 6.54 Å². The first kappa shape index (κ1) is 21.1. The first-order valence-electron chi connectivity index (χ1n) is 9.75. The molecule has 0 unspecified atom stereocenters. The van der Waals surface area contributed by atoms with Gasteiger partial charge in [-0.05, 0) is 55.3 Å². The fourth-order valence-corrected chi connectivity index (χ4v) is 5.03. The van der Waals surface area contributed by atoms with Crippen LogP contribution in [0.5, 0.6) is 0 Å². The molecule has 4 rings (SSSR count). The maximum Gasteiger partial charge on any atom is 0.263 e. The number of nitrogens with zero attached hydrogens (tertiary/aromatic N) is 2. The van der Waals surface area contributed by atoms with Gasteiger partial charge in [0.2, 0.25) is 0 Å². The van der Waals surface area contributed by atoms with Crippen molar-refractivity contribution in [2.24, 2.45) is 0 Å². The van der Waals surface area contributed by atoms with Crippen LogP contribution in [0.1, 0.15) is 27.2 Å². The van der Waals surface area contributed by atoms with E-state index in [1.54, 1.807) is 46.0 Å². The minimum absolute atomic E-state index is 0.120. The lowest BCUT2D eigenvalue weighted by atomic mass is 10.1. The number of aryl methyl sites for hydroxylation is 2. The fraction of sp³-hybridized carbons (Fsp3) is 0.125. The van der Waals surface area contributed by atoms with Gasteiger partial charge in [-0.15, -0.1) is 11.3 Å². The van der Waals surface area contributed by atoms with Gasteiger partial charge < -0.3 is 9.88 Å². The average molecular weight is 448 g/mol. The number of amides is 1. The van der Waals surface area contributed by atoms with Gasteiger partial charge in [0.25, 0.3) is 11.5 Å². The van der Waals surface area contributed by atoms with Crippen molar-refractivity contribution < 1.29 is 4.79 Å². The molecule has 2 aromatic carbocycles. The Morgan fingerprint density at radius 1 is 1.10 bits per heavy atom. The molecule has 7 heteroatoms. The molecule has 0 aliphatic heterocycles. The summed E-state index contributed by atoms with van der Waals surface area (Å²) in [5, 5.41) is 4.90. The highest BCUT2D eigenvalue weighted by atomic mass is 32.2. The lowest BCUT2D eigenvalue weighted by molar-refractivity contribution is 0.102. The van der Waals surface area contributed by atoms with Gasteiger partial charge in [-0.1, -0.05) is 42.1 Å². The van der Waals surface area contributed by atoms with Gasteiger partial charge >= 0.3 is 0 Å². The van der Waals surface area contributed by atoms with Gasteiger partial charge in [0.15, 0.2) is 4.34 Å². The molecule has 0 saturated carbocycles. The summed E-state index contributed by atoms with van der Waals surface area (Å²) in [6.07, 6.45) is 1.70. The number of carbonyl (C=O) groups excluding carboxylic acids is 1. The van der Waals surface area contributed by atoms with Crippen LogP contribution in [0.4, 0.5) is 5.69 Å². The summed E-state index contributed by atoms with van der Waals surface area (Å²) in [5.74, 6) is -0.411. The summed E-state index contributed by atoms with van der Waals surface area (Å²) in [7, 11) is 0. The number of nitrogens with one attached hydrogen (secondary N) is 1. The Kier molecular flexibility index (Phi) is 6.34. The van der Waals surface area contributed by atoms with Crippen LogP contribution >= 0.6 is 23.1 Å². The topological polar surface area (TPSA) is 64.0 Å². The molecule has 0 atom stereocenters. The van der Waals surface area contributed by atoms with E-state index in [4.69, 9.17) is 0 Å². The third kappa shape index (κ3) is 5.13. The van der Waals surface area contributed by atoms with E-state index in [2.05, 4.69) is 10.3 Å². The SMILES string of the molecule is Cc1csc(Sc2ccc(NC(=O)c3cccn(Cc4ccccc4)c3=O)c(C)c2)n1. The van der Waals surface area contributed by atoms with E-state index in [0.29, 0.717) is 12.2 Å². The molecule has 0 aliphatic rings. The fourth-order valence-electron chi connectivity index (χ4n) is 3.12. The second-order valence-electron chi connectivity index (χ2n) is 7.13. The minimum atomic E-state index is -0.411. The number of rotatable bonds is 6. The Balaban J connectivity index is 1.50. The van der Waals surface area contributed by atoms with Crippen molar-refractivity contribution in [3.63, 3.8) is 0 Å². The summed E-state index contributed by atoms with van der Waals surface area (Å²) in [4.78, 5) is 31.2. The Labute approximate surface area is 188 Å². The largest absolute Gasteiger partial charge is 0.322 e. The van der Waals surface area contributed by atoms with Crippen molar-refractivity contribution in [3.8, 4) is 0 Å². The second kappa shape index (κ2) is 9.32. The molecule has 5 nitrogen and oxygen atoms in total. The molecular formula is C24H21N3O2S2. The number of anilines is 1. The van der Waals surface area contributed by atoms with Gasteiger partial charge in [-0.2, -0.15) is 0 Å². The highest BCUT2D eigenvalue weighted by Crippen LogP contribution is 2.32. The number of benzene rings is 2. The highest BCUT2D eigenvalue weighted by Gasteiger charge is 2.14. The molecule has 0 aliphatic carbocycles. The lowest BCUT2D eigenvalue weighted by Gasteiger charge is -2.11. The Bertz CT molecular complexity index is 1280. The standard InChI is InChI=1S/C24H21N3O2S2/c1-16-13-19(31-24-25-17(2)15-30-24)10-11-21(16)26-22(28)20-9-6-12-27(23(20)29)14-18-7-4-3-5-8-18/h3-13,15H,14H2,1-2H3,(H,26,28). The molecule has 2 aromatic heterocycles. The number of hydrogen-bond donors (Lipinski definition) is 1. The zero-order chi connectivity index (χ0) is 21.8. The summed E-state index contributed by atoms with van der Waals surface area (Å²) in [6.45, 7) is 4.33. The quantitative estimate of drug-likeness (QED) is 0.431. The van der Waals surface area contributed by atoms with Crippen molar-refractivity contribution in [2.75, 3.05) is 5.32 Å². The third-order valence-electron chi connectivity index (χ3n) is 4.71. The molecule has 0 saturated heterocycles. The van der Waals surface area contributed by atoms with Crippen LogP contribution in [0.25, 0.3) is 0 Å². The van der Waals surface area contributed by atoms with Gasteiger partial charge in [0.1, 0.15) is 5.56 Å². The molecule has 0 bridgehead atoms. The van der Waals surface area contributed by atoms with E-state index in [1.165, 1.54) is 0 Å². The molecule has 0 fully saturated rings. The third-order valence-corrected chi connectivity index (χ3v) is 6.76. The minimum Gasteiger partial charge on any atom is -0.322 e. The van der Waals surface area contributed by atoms with Crippen molar-refractivity contribution in [1.29, 1.82) is 0 Å². The predicted octanol–water partition coefficient (Wildman–Crippen LogP) is 5.37. The maximum atomic E-state index is 12.8. The summed E-state index contributed by atoms with van der Waals surface area (Å²) < 4.78 is 2.53. The second-order valence-corrected chi connectivity index (χ2v) is 9.31. The normalized spacial score (nSPS) is 10.8. The lowest BCUT2D eigenvalue weighted by Crippen LogP contribution is -2.29. The molecule has 1 amide bonds. The van der Waals surface area contributed by atoms with E-state index in [9.17, 15) is 9.59 Å². The van der Waals surface area contributed by atoms with Crippen molar-refractivity contribution in [1.82, 2.24) is 9.55 Å². The number of carbonyl (C=O) groups is 1. The molecule has 31 heavy (non-hydrogen) atoms. The number of aromatic nitrogens is 2. The molecule has 2 heterocycles. The predicted molar refractivity (Wildman–Crippen MR) is 126 cm³/mol. The van der Waals surface area contributed by atoms with Crippen LogP contribution in [-0.4, -0.2) is 15.5 Å². The monoisotopic (exact) mass is 447 g/mol. The average Bonchev–Trinajstić information content (AvgIpc) is 3.17. The molecule has 156 valence electrons. The Morgan fingerprint density at radius 3 is 2.61 bits per heavy atom. The summed E-state index contributed by atoms with van der Waals surface area (Å²) in [5.41, 5.74) is 3.42. The first-order chi connectivity index (χ1) is 15.0. The molecular weight excluding hydrogens is 426 g/mol. The molecule has 0 radical (unpaired) electrons. The van der Waals surface area contributed by atoms with Gasteiger partial charge in [-0.25, -0.2) is 4.98 Å². The summed E-state index contributed by atoms with van der Waals surface area (Å²) >= 11 is 3.20. The van der Waals surface area contributed by atoms with Crippen molar-refractivity contribution in [2.45, 2.75) is 29.6 Å². The van der Waals surface area contributed by atoms with E-state index in [-0.39, 0.29) is 11.1 Å². The van der Waals surface area contributed by atoms with Crippen LogP contribution in [0, 0.1) is 13.8 Å². The van der Waals surface area contributed by atoms with E-state index in [1.807, 2.05) is 67.8 Å². The van der Waals surface area contributed by atoms with Crippen LogP contribution in [0.15, 0.2) is 86.3 Å². The van der Waals surface area contributed by atoms with E-state index in [0.717, 1.165) is 26.1 Å². The first-order valence-corrected chi connectivity index (χ1v) is 11.4. The Hall–Kier alpha value is -3.16. The highest BCUT2D eigenvalue weighted by molar-refractivity contribution is 8.01. The number of hydrogen-bond acceptors (Lipinski definition) is 5. The maximum absolute atomic E-state index is 12.8. The van der Waals surface area contributed by atoms with Crippen LogP contribution in [-0.2, 0) is 6.54 Å². The van der Waals surface area contributed by atoms with Crippen LogP contribution in [0.3, 0.4) is 0 Å².